The van der Waals surface area contributed by atoms with Crippen LogP contribution in [0.4, 0.5) is 4.39 Å². The van der Waals surface area contributed by atoms with E-state index < -0.39 is 0 Å². The van der Waals surface area contributed by atoms with Crippen LogP contribution >= 0.6 is 0 Å². The van der Waals surface area contributed by atoms with Crippen LogP contribution < -0.4 is 5.32 Å². The van der Waals surface area contributed by atoms with Crippen LogP contribution in [0.15, 0.2) is 54.6 Å². The number of carbonyl (C=O) groups excluding carboxylic acids is 1. The second-order valence-electron chi connectivity index (χ2n) is 6.20. The van der Waals surface area contributed by atoms with E-state index in [0.717, 1.165) is 24.9 Å². The van der Waals surface area contributed by atoms with Crippen molar-refractivity contribution in [3.8, 4) is 0 Å². The van der Waals surface area contributed by atoms with Crippen molar-refractivity contribution in [1.82, 2.24) is 10.2 Å². The Morgan fingerprint density at radius 3 is 2.79 bits per heavy atom. The van der Waals surface area contributed by atoms with Crippen LogP contribution in [0.2, 0.25) is 0 Å². The van der Waals surface area contributed by atoms with Crippen molar-refractivity contribution in [1.29, 1.82) is 0 Å². The molecule has 1 N–H and O–H groups in total. The molecule has 1 aliphatic heterocycles. The summed E-state index contributed by atoms with van der Waals surface area (Å²) in [6.07, 6.45) is 2.27. The summed E-state index contributed by atoms with van der Waals surface area (Å²) in [5.41, 5.74) is 2.12. The van der Waals surface area contributed by atoms with Crippen molar-refractivity contribution in [2.75, 3.05) is 19.6 Å². The normalized spacial score (nSPS) is 17.7. The van der Waals surface area contributed by atoms with Crippen molar-refractivity contribution in [3.63, 3.8) is 0 Å². The SMILES string of the molecule is O=C(CCCc1ccccc1)N1CCNCC1c1cccc(F)c1. The number of rotatable bonds is 5. The zero-order valence-corrected chi connectivity index (χ0v) is 13.7. The molecule has 1 aliphatic rings. The van der Waals surface area contributed by atoms with Gasteiger partial charge in [-0.1, -0.05) is 42.5 Å². The highest BCUT2D eigenvalue weighted by Crippen LogP contribution is 2.24. The minimum atomic E-state index is -0.255. The van der Waals surface area contributed by atoms with E-state index in [9.17, 15) is 9.18 Å². The molecule has 4 heteroatoms. The fraction of sp³-hybridized carbons (Fsp3) is 0.350. The highest BCUT2D eigenvalue weighted by molar-refractivity contribution is 5.77. The van der Waals surface area contributed by atoms with Crippen LogP contribution in [-0.2, 0) is 11.2 Å². The number of aryl methyl sites for hydroxylation is 1. The summed E-state index contributed by atoms with van der Waals surface area (Å²) in [5.74, 6) is -0.101. The number of nitrogens with zero attached hydrogens (tertiary/aromatic N) is 1. The zero-order valence-electron chi connectivity index (χ0n) is 13.7. The van der Waals surface area contributed by atoms with Crippen LogP contribution in [0.1, 0.15) is 30.0 Å². The highest BCUT2D eigenvalue weighted by atomic mass is 19.1. The van der Waals surface area contributed by atoms with Crippen LogP contribution in [0.3, 0.4) is 0 Å². The monoisotopic (exact) mass is 326 g/mol. The maximum absolute atomic E-state index is 13.5. The van der Waals surface area contributed by atoms with E-state index in [2.05, 4.69) is 17.4 Å². The molecule has 1 atom stereocenters. The van der Waals surface area contributed by atoms with E-state index in [1.54, 1.807) is 6.07 Å². The van der Waals surface area contributed by atoms with E-state index in [-0.39, 0.29) is 17.8 Å². The lowest BCUT2D eigenvalue weighted by Gasteiger charge is -2.36. The number of benzene rings is 2. The van der Waals surface area contributed by atoms with E-state index in [4.69, 9.17) is 0 Å². The Balaban J connectivity index is 1.61. The molecule has 1 saturated heterocycles. The first-order valence-electron chi connectivity index (χ1n) is 8.53. The number of hydrogen-bond acceptors (Lipinski definition) is 2. The summed E-state index contributed by atoms with van der Waals surface area (Å²) in [4.78, 5) is 14.6. The van der Waals surface area contributed by atoms with Crippen molar-refractivity contribution in [2.45, 2.75) is 25.3 Å². The lowest BCUT2D eigenvalue weighted by molar-refractivity contribution is -0.134. The number of piperazine rings is 1. The quantitative estimate of drug-likeness (QED) is 0.914. The molecule has 0 spiro atoms. The summed E-state index contributed by atoms with van der Waals surface area (Å²) in [6.45, 7) is 2.13. The van der Waals surface area contributed by atoms with Gasteiger partial charge < -0.3 is 10.2 Å². The number of nitrogens with one attached hydrogen (secondary N) is 1. The zero-order chi connectivity index (χ0) is 16.8. The maximum Gasteiger partial charge on any atom is 0.223 e. The predicted octanol–water partition coefficient (Wildman–Crippen LogP) is 3.32. The van der Waals surface area contributed by atoms with E-state index >= 15 is 0 Å². The van der Waals surface area contributed by atoms with Crippen molar-refractivity contribution in [3.05, 3.63) is 71.5 Å². The predicted molar refractivity (Wildman–Crippen MR) is 93.1 cm³/mol. The summed E-state index contributed by atoms with van der Waals surface area (Å²) >= 11 is 0. The molecule has 2 aromatic rings. The van der Waals surface area contributed by atoms with Gasteiger partial charge in [0.1, 0.15) is 5.82 Å². The van der Waals surface area contributed by atoms with Gasteiger partial charge in [0.15, 0.2) is 0 Å². The molecule has 1 unspecified atom stereocenters. The molecule has 0 aliphatic carbocycles. The van der Waals surface area contributed by atoms with Gasteiger partial charge in [0.2, 0.25) is 5.91 Å². The van der Waals surface area contributed by atoms with Gasteiger partial charge in [0.05, 0.1) is 6.04 Å². The van der Waals surface area contributed by atoms with E-state index in [0.29, 0.717) is 19.5 Å². The molecule has 1 fully saturated rings. The number of hydrogen-bond donors (Lipinski definition) is 1. The molecule has 3 nitrogen and oxygen atoms in total. The minimum Gasteiger partial charge on any atom is -0.333 e. The molecule has 0 aromatic heterocycles. The molecule has 1 amide bonds. The van der Waals surface area contributed by atoms with Gasteiger partial charge in [-0.25, -0.2) is 4.39 Å². The molecule has 24 heavy (non-hydrogen) atoms. The van der Waals surface area contributed by atoms with Gasteiger partial charge in [-0.2, -0.15) is 0 Å². The molecule has 3 rings (SSSR count). The Hall–Kier alpha value is -2.20. The van der Waals surface area contributed by atoms with Crippen molar-refractivity contribution in [2.24, 2.45) is 0 Å². The molecule has 1 heterocycles. The summed E-state index contributed by atoms with van der Waals surface area (Å²) < 4.78 is 13.5. The molecule has 2 aromatic carbocycles. The summed E-state index contributed by atoms with van der Waals surface area (Å²) in [5, 5.41) is 3.30. The first-order chi connectivity index (χ1) is 11.7. The third kappa shape index (κ3) is 4.20. The Morgan fingerprint density at radius 2 is 2.00 bits per heavy atom. The van der Waals surface area contributed by atoms with Gasteiger partial charge in [0.25, 0.3) is 0 Å². The van der Waals surface area contributed by atoms with Gasteiger partial charge in [-0.05, 0) is 36.1 Å². The van der Waals surface area contributed by atoms with E-state index in [1.165, 1.54) is 17.7 Å². The average molecular weight is 326 g/mol. The molecule has 0 radical (unpaired) electrons. The highest BCUT2D eigenvalue weighted by Gasteiger charge is 2.27. The van der Waals surface area contributed by atoms with Crippen LogP contribution in [0, 0.1) is 5.82 Å². The lowest BCUT2D eigenvalue weighted by Crippen LogP contribution is -2.48. The smallest absolute Gasteiger partial charge is 0.223 e. The Morgan fingerprint density at radius 1 is 1.17 bits per heavy atom. The first kappa shape index (κ1) is 16.7. The topological polar surface area (TPSA) is 32.3 Å². The number of halogens is 1. The fourth-order valence-corrected chi connectivity index (χ4v) is 3.25. The van der Waals surface area contributed by atoms with Gasteiger partial charge >= 0.3 is 0 Å². The summed E-state index contributed by atoms with van der Waals surface area (Å²) in [7, 11) is 0. The third-order valence-corrected chi connectivity index (χ3v) is 4.50. The minimum absolute atomic E-state index is 0.0846. The van der Waals surface area contributed by atoms with Gasteiger partial charge in [0, 0.05) is 26.1 Å². The molecular weight excluding hydrogens is 303 g/mol. The lowest BCUT2D eigenvalue weighted by atomic mass is 10.0. The third-order valence-electron chi connectivity index (χ3n) is 4.50. The van der Waals surface area contributed by atoms with Crippen molar-refractivity contribution < 1.29 is 9.18 Å². The van der Waals surface area contributed by atoms with Crippen LogP contribution in [0.25, 0.3) is 0 Å². The second-order valence-corrected chi connectivity index (χ2v) is 6.20. The Labute approximate surface area is 142 Å². The van der Waals surface area contributed by atoms with Crippen LogP contribution in [-0.4, -0.2) is 30.4 Å². The maximum atomic E-state index is 13.5. The Bertz CT molecular complexity index is 674. The molecular formula is C20H23FN2O. The largest absolute Gasteiger partial charge is 0.333 e. The molecule has 0 saturated carbocycles. The molecule has 126 valence electrons. The first-order valence-corrected chi connectivity index (χ1v) is 8.53. The second kappa shape index (κ2) is 8.06. The number of carbonyl (C=O) groups is 1. The average Bonchev–Trinajstić information content (AvgIpc) is 2.62. The number of amides is 1. The standard InChI is InChI=1S/C20H23FN2O/c21-18-10-5-9-17(14-18)19-15-22-12-13-23(19)20(24)11-4-8-16-6-2-1-3-7-16/h1-3,5-7,9-10,14,19,22H,4,8,11-13,15H2. The van der Waals surface area contributed by atoms with Gasteiger partial charge in [-0.15, -0.1) is 0 Å². The van der Waals surface area contributed by atoms with E-state index in [1.807, 2.05) is 29.2 Å². The Kier molecular flexibility index (Phi) is 5.59. The van der Waals surface area contributed by atoms with Gasteiger partial charge in [-0.3, -0.25) is 4.79 Å². The summed E-state index contributed by atoms with van der Waals surface area (Å²) in [6, 6.07) is 16.7. The van der Waals surface area contributed by atoms with Crippen LogP contribution in [0.5, 0.6) is 0 Å². The molecule has 0 bridgehead atoms. The fourth-order valence-electron chi connectivity index (χ4n) is 3.25. The van der Waals surface area contributed by atoms with Crippen molar-refractivity contribution >= 4 is 5.91 Å².